The lowest BCUT2D eigenvalue weighted by Gasteiger charge is -2.19. The average Bonchev–Trinajstić information content (AvgIpc) is 2.76. The number of rotatable bonds is 4. The first-order chi connectivity index (χ1) is 14.4. The fourth-order valence-electron chi connectivity index (χ4n) is 3.24. The van der Waals surface area contributed by atoms with Gasteiger partial charge in [-0.25, -0.2) is 4.79 Å². The Bertz CT molecular complexity index is 1230. The SMILES string of the molecule is O=C(OCc1ccc([N+](=O)[O-])cc1)c1ccc2c(c1Cl)C(=O)c1ccccc1C2=O. The molecule has 0 radical (unpaired) electrons. The maximum absolute atomic E-state index is 12.9. The van der Waals surface area contributed by atoms with Gasteiger partial charge in [0, 0.05) is 28.8 Å². The van der Waals surface area contributed by atoms with Crippen molar-refractivity contribution in [2.45, 2.75) is 6.61 Å². The van der Waals surface area contributed by atoms with Crippen LogP contribution in [0.25, 0.3) is 0 Å². The first-order valence-electron chi connectivity index (χ1n) is 8.80. The highest BCUT2D eigenvalue weighted by Gasteiger charge is 2.33. The van der Waals surface area contributed by atoms with Crippen molar-refractivity contribution in [3.8, 4) is 0 Å². The number of non-ortho nitro benzene ring substituents is 1. The number of fused-ring (bicyclic) bond motifs is 2. The second-order valence-electron chi connectivity index (χ2n) is 6.55. The molecule has 0 amide bonds. The molecule has 0 heterocycles. The summed E-state index contributed by atoms with van der Waals surface area (Å²) in [6.45, 7) is -0.139. The zero-order chi connectivity index (χ0) is 21.4. The summed E-state index contributed by atoms with van der Waals surface area (Å²) in [5, 5.41) is 10.6. The van der Waals surface area contributed by atoms with Crippen LogP contribution in [0.15, 0.2) is 60.7 Å². The van der Waals surface area contributed by atoms with Crippen molar-refractivity contribution in [3.05, 3.63) is 109 Å². The van der Waals surface area contributed by atoms with E-state index in [4.69, 9.17) is 16.3 Å². The number of ketones is 2. The van der Waals surface area contributed by atoms with Crippen LogP contribution in [-0.4, -0.2) is 22.5 Å². The molecule has 148 valence electrons. The van der Waals surface area contributed by atoms with Crippen LogP contribution < -0.4 is 0 Å². The number of nitro groups is 1. The Balaban J connectivity index is 1.60. The lowest BCUT2D eigenvalue weighted by molar-refractivity contribution is -0.384. The molecule has 0 aliphatic heterocycles. The van der Waals surface area contributed by atoms with Gasteiger partial charge in [0.25, 0.3) is 5.69 Å². The van der Waals surface area contributed by atoms with Gasteiger partial charge < -0.3 is 4.74 Å². The van der Waals surface area contributed by atoms with Gasteiger partial charge in [-0.3, -0.25) is 19.7 Å². The van der Waals surface area contributed by atoms with Gasteiger partial charge in [0.05, 0.1) is 21.1 Å². The molecule has 0 saturated heterocycles. The Kier molecular flexibility index (Phi) is 4.89. The number of nitro benzene ring substituents is 1. The molecule has 0 N–H and O–H groups in total. The Hall–Kier alpha value is -3.84. The van der Waals surface area contributed by atoms with E-state index in [9.17, 15) is 24.5 Å². The van der Waals surface area contributed by atoms with Crippen LogP contribution in [0.5, 0.6) is 0 Å². The van der Waals surface area contributed by atoms with Crippen molar-refractivity contribution in [1.82, 2.24) is 0 Å². The molecule has 3 aromatic carbocycles. The minimum atomic E-state index is -0.778. The summed E-state index contributed by atoms with van der Waals surface area (Å²) in [7, 11) is 0. The third-order valence-corrected chi connectivity index (χ3v) is 5.16. The second kappa shape index (κ2) is 7.53. The molecule has 0 unspecified atom stereocenters. The molecule has 3 aromatic rings. The fourth-order valence-corrected chi connectivity index (χ4v) is 3.57. The Morgan fingerprint density at radius 3 is 2.17 bits per heavy atom. The lowest BCUT2D eigenvalue weighted by Crippen LogP contribution is -2.22. The molecule has 0 saturated carbocycles. The first kappa shape index (κ1) is 19.5. The van der Waals surface area contributed by atoms with Gasteiger partial charge in [0.15, 0.2) is 11.6 Å². The number of halogens is 1. The highest BCUT2D eigenvalue weighted by Crippen LogP contribution is 2.34. The molecule has 8 heteroatoms. The van der Waals surface area contributed by atoms with Gasteiger partial charge in [0.2, 0.25) is 0 Å². The van der Waals surface area contributed by atoms with Gasteiger partial charge >= 0.3 is 5.97 Å². The quantitative estimate of drug-likeness (QED) is 0.275. The minimum absolute atomic E-state index is 0.0230. The molecule has 4 rings (SSSR count). The van der Waals surface area contributed by atoms with Crippen molar-refractivity contribution in [2.24, 2.45) is 0 Å². The number of nitrogens with zero attached hydrogens (tertiary/aromatic N) is 1. The molecule has 0 bridgehead atoms. The number of hydrogen-bond donors (Lipinski definition) is 0. The molecule has 30 heavy (non-hydrogen) atoms. The molecule has 7 nitrogen and oxygen atoms in total. The van der Waals surface area contributed by atoms with Crippen LogP contribution in [0.3, 0.4) is 0 Å². The predicted molar refractivity (Wildman–Crippen MR) is 107 cm³/mol. The molecule has 1 aliphatic carbocycles. The first-order valence-corrected chi connectivity index (χ1v) is 9.17. The van der Waals surface area contributed by atoms with Crippen LogP contribution >= 0.6 is 11.6 Å². The normalized spacial score (nSPS) is 12.2. The Labute approximate surface area is 175 Å². The van der Waals surface area contributed by atoms with E-state index < -0.39 is 16.7 Å². The Morgan fingerprint density at radius 2 is 1.53 bits per heavy atom. The van der Waals surface area contributed by atoms with E-state index >= 15 is 0 Å². The average molecular weight is 422 g/mol. The lowest BCUT2D eigenvalue weighted by atomic mass is 9.83. The number of esters is 1. The molecule has 0 atom stereocenters. The van der Waals surface area contributed by atoms with Gasteiger partial charge in [-0.1, -0.05) is 35.9 Å². The maximum Gasteiger partial charge on any atom is 0.340 e. The van der Waals surface area contributed by atoms with Gasteiger partial charge in [-0.05, 0) is 29.8 Å². The number of hydrogen-bond acceptors (Lipinski definition) is 6. The number of carbonyl (C=O) groups is 3. The minimum Gasteiger partial charge on any atom is -0.457 e. The standard InChI is InChI=1S/C22H12ClNO6/c23-19-17(22(27)30-11-12-5-7-13(8-6-12)24(28)29)10-9-16-18(19)21(26)15-4-2-1-3-14(15)20(16)25/h1-10H,11H2. The van der Waals surface area contributed by atoms with E-state index in [0.29, 0.717) is 11.1 Å². The van der Waals surface area contributed by atoms with Gasteiger partial charge in [-0.15, -0.1) is 0 Å². The van der Waals surface area contributed by atoms with E-state index in [1.165, 1.54) is 42.5 Å². The van der Waals surface area contributed by atoms with Gasteiger partial charge in [0.1, 0.15) is 6.61 Å². The predicted octanol–water partition coefficient (Wildman–Crippen LogP) is 4.38. The number of ether oxygens (including phenoxy) is 1. The summed E-state index contributed by atoms with van der Waals surface area (Å²) in [5.41, 5.74) is 1.06. The second-order valence-corrected chi connectivity index (χ2v) is 6.93. The van der Waals surface area contributed by atoms with E-state index in [0.717, 1.165) is 0 Å². The maximum atomic E-state index is 12.9. The molecular formula is C22H12ClNO6. The summed E-state index contributed by atoms with van der Waals surface area (Å²) in [6.07, 6.45) is 0. The van der Waals surface area contributed by atoms with E-state index in [1.54, 1.807) is 18.2 Å². The molecule has 0 aromatic heterocycles. The molecule has 0 spiro atoms. The molecule has 0 fully saturated rings. The topological polar surface area (TPSA) is 104 Å². The van der Waals surface area contributed by atoms with Crippen molar-refractivity contribution in [2.75, 3.05) is 0 Å². The molecule has 1 aliphatic rings. The van der Waals surface area contributed by atoms with Crippen LogP contribution in [0.2, 0.25) is 5.02 Å². The number of benzene rings is 3. The van der Waals surface area contributed by atoms with Crippen molar-refractivity contribution in [1.29, 1.82) is 0 Å². The largest absolute Gasteiger partial charge is 0.457 e. The smallest absolute Gasteiger partial charge is 0.340 e. The third kappa shape index (κ3) is 3.25. The monoisotopic (exact) mass is 421 g/mol. The summed E-state index contributed by atoms with van der Waals surface area (Å²) in [5.74, 6) is -1.55. The summed E-state index contributed by atoms with van der Waals surface area (Å²) < 4.78 is 5.23. The highest BCUT2D eigenvalue weighted by atomic mass is 35.5. The van der Waals surface area contributed by atoms with E-state index in [1.807, 2.05) is 0 Å². The van der Waals surface area contributed by atoms with Crippen molar-refractivity contribution >= 4 is 34.8 Å². The fraction of sp³-hybridized carbons (Fsp3) is 0.0455. The van der Waals surface area contributed by atoms with Crippen molar-refractivity contribution in [3.63, 3.8) is 0 Å². The van der Waals surface area contributed by atoms with Crippen LogP contribution in [0.1, 0.15) is 47.8 Å². The van der Waals surface area contributed by atoms with Crippen LogP contribution in [-0.2, 0) is 11.3 Å². The van der Waals surface area contributed by atoms with Crippen molar-refractivity contribution < 1.29 is 24.0 Å². The highest BCUT2D eigenvalue weighted by molar-refractivity contribution is 6.41. The summed E-state index contributed by atoms with van der Waals surface area (Å²) in [4.78, 5) is 48.3. The summed E-state index contributed by atoms with van der Waals surface area (Å²) >= 11 is 6.34. The van der Waals surface area contributed by atoms with Crippen LogP contribution in [0, 0.1) is 10.1 Å². The summed E-state index contributed by atoms with van der Waals surface area (Å²) in [6, 6.07) is 14.7. The van der Waals surface area contributed by atoms with Crippen LogP contribution in [0.4, 0.5) is 5.69 Å². The third-order valence-electron chi connectivity index (χ3n) is 4.77. The zero-order valence-electron chi connectivity index (χ0n) is 15.3. The number of carbonyl (C=O) groups excluding carboxylic acids is 3. The molecular weight excluding hydrogens is 410 g/mol. The van der Waals surface area contributed by atoms with E-state index in [2.05, 4.69) is 0 Å². The van der Waals surface area contributed by atoms with Gasteiger partial charge in [-0.2, -0.15) is 0 Å². The van der Waals surface area contributed by atoms with E-state index in [-0.39, 0.29) is 45.4 Å². The Morgan fingerprint density at radius 1 is 0.900 bits per heavy atom. The zero-order valence-corrected chi connectivity index (χ0v) is 16.0.